The van der Waals surface area contributed by atoms with Gasteiger partial charge in [-0.05, 0) is 24.6 Å². The van der Waals surface area contributed by atoms with E-state index < -0.39 is 12.0 Å². The SMILES string of the molecule is COC(=O)[C@H](C)NC(=O)CSCc1ccc(F)cc1. The zero-order chi connectivity index (χ0) is 14.3. The van der Waals surface area contributed by atoms with Gasteiger partial charge >= 0.3 is 5.97 Å². The molecule has 0 aliphatic carbocycles. The highest BCUT2D eigenvalue weighted by molar-refractivity contribution is 7.99. The smallest absolute Gasteiger partial charge is 0.328 e. The van der Waals surface area contributed by atoms with E-state index in [0.717, 1.165) is 5.56 Å². The van der Waals surface area contributed by atoms with Crippen molar-refractivity contribution in [2.24, 2.45) is 0 Å². The first-order valence-corrected chi connectivity index (χ1v) is 6.87. The van der Waals surface area contributed by atoms with Gasteiger partial charge in [-0.2, -0.15) is 0 Å². The van der Waals surface area contributed by atoms with Crippen molar-refractivity contribution >= 4 is 23.6 Å². The van der Waals surface area contributed by atoms with E-state index in [1.54, 1.807) is 19.1 Å². The third kappa shape index (κ3) is 5.74. The number of carbonyl (C=O) groups is 2. The van der Waals surface area contributed by atoms with Gasteiger partial charge in [-0.1, -0.05) is 12.1 Å². The van der Waals surface area contributed by atoms with Crippen LogP contribution in [0.4, 0.5) is 4.39 Å². The lowest BCUT2D eigenvalue weighted by Crippen LogP contribution is -2.40. The van der Waals surface area contributed by atoms with Gasteiger partial charge in [-0.3, -0.25) is 4.79 Å². The van der Waals surface area contributed by atoms with E-state index in [1.807, 2.05) is 0 Å². The van der Waals surface area contributed by atoms with E-state index in [-0.39, 0.29) is 17.5 Å². The molecular weight excluding hydrogens is 269 g/mol. The molecule has 1 aromatic carbocycles. The molecule has 1 atom stereocenters. The number of halogens is 1. The third-order valence-electron chi connectivity index (χ3n) is 2.35. The standard InChI is InChI=1S/C13H16FNO3S/c1-9(13(17)18-2)15-12(16)8-19-7-10-3-5-11(14)6-4-10/h3-6,9H,7-8H2,1-2H3,(H,15,16)/t9-/m0/s1. The van der Waals surface area contributed by atoms with E-state index in [2.05, 4.69) is 10.1 Å². The van der Waals surface area contributed by atoms with Crippen LogP contribution in [0.15, 0.2) is 24.3 Å². The topological polar surface area (TPSA) is 55.4 Å². The van der Waals surface area contributed by atoms with Gasteiger partial charge in [-0.15, -0.1) is 11.8 Å². The van der Waals surface area contributed by atoms with Crippen LogP contribution < -0.4 is 5.32 Å². The summed E-state index contributed by atoms with van der Waals surface area (Å²) in [7, 11) is 1.27. The molecule has 0 saturated heterocycles. The van der Waals surface area contributed by atoms with Gasteiger partial charge in [0.05, 0.1) is 12.9 Å². The van der Waals surface area contributed by atoms with Crippen LogP contribution in [0.3, 0.4) is 0 Å². The van der Waals surface area contributed by atoms with E-state index in [1.165, 1.54) is 31.0 Å². The largest absolute Gasteiger partial charge is 0.467 e. The number of rotatable bonds is 6. The summed E-state index contributed by atoms with van der Waals surface area (Å²) in [4.78, 5) is 22.6. The first-order valence-electron chi connectivity index (χ1n) is 5.72. The summed E-state index contributed by atoms with van der Waals surface area (Å²) in [6.45, 7) is 1.56. The number of ether oxygens (including phenoxy) is 1. The van der Waals surface area contributed by atoms with Crippen LogP contribution >= 0.6 is 11.8 Å². The molecular formula is C13H16FNO3S. The van der Waals surface area contributed by atoms with E-state index in [0.29, 0.717) is 5.75 Å². The van der Waals surface area contributed by atoms with Gasteiger partial charge in [0, 0.05) is 5.75 Å². The van der Waals surface area contributed by atoms with Gasteiger partial charge in [0.25, 0.3) is 0 Å². The molecule has 0 aliphatic heterocycles. The molecule has 1 rings (SSSR count). The Morgan fingerprint density at radius 3 is 2.58 bits per heavy atom. The first kappa shape index (κ1) is 15.5. The average Bonchev–Trinajstić information content (AvgIpc) is 2.40. The average molecular weight is 285 g/mol. The number of nitrogens with one attached hydrogen (secondary N) is 1. The molecule has 0 aliphatic rings. The summed E-state index contributed by atoms with van der Waals surface area (Å²) in [6.07, 6.45) is 0. The van der Waals surface area contributed by atoms with E-state index in [9.17, 15) is 14.0 Å². The van der Waals surface area contributed by atoms with Crippen LogP contribution in [0.5, 0.6) is 0 Å². The number of amides is 1. The summed E-state index contributed by atoms with van der Waals surface area (Å²) in [6, 6.07) is 5.48. The number of hydrogen-bond acceptors (Lipinski definition) is 4. The normalized spacial score (nSPS) is 11.7. The van der Waals surface area contributed by atoms with Crippen molar-refractivity contribution < 1.29 is 18.7 Å². The predicted octanol–water partition coefficient (Wildman–Crippen LogP) is 1.74. The zero-order valence-corrected chi connectivity index (χ0v) is 11.6. The van der Waals surface area contributed by atoms with Gasteiger partial charge in [0.15, 0.2) is 0 Å². The number of thioether (sulfide) groups is 1. The highest BCUT2D eigenvalue weighted by Gasteiger charge is 2.15. The van der Waals surface area contributed by atoms with Crippen LogP contribution in [0, 0.1) is 5.82 Å². The highest BCUT2D eigenvalue weighted by Crippen LogP contribution is 2.12. The van der Waals surface area contributed by atoms with Crippen molar-refractivity contribution in [2.45, 2.75) is 18.7 Å². The van der Waals surface area contributed by atoms with Crippen LogP contribution in [-0.2, 0) is 20.1 Å². The Morgan fingerprint density at radius 1 is 1.37 bits per heavy atom. The van der Waals surface area contributed by atoms with Gasteiger partial charge < -0.3 is 10.1 Å². The lowest BCUT2D eigenvalue weighted by Gasteiger charge is -2.11. The van der Waals surface area contributed by atoms with Gasteiger partial charge in [0.1, 0.15) is 11.9 Å². The Kier molecular flexibility index (Phi) is 6.35. The quantitative estimate of drug-likeness (QED) is 0.809. The van der Waals surface area contributed by atoms with Gasteiger partial charge in [-0.25, -0.2) is 9.18 Å². The Hall–Kier alpha value is -1.56. The lowest BCUT2D eigenvalue weighted by atomic mass is 10.2. The number of benzene rings is 1. The van der Waals surface area contributed by atoms with Crippen LogP contribution in [0.25, 0.3) is 0 Å². The Morgan fingerprint density at radius 2 is 2.00 bits per heavy atom. The molecule has 19 heavy (non-hydrogen) atoms. The number of hydrogen-bond donors (Lipinski definition) is 1. The zero-order valence-electron chi connectivity index (χ0n) is 10.8. The summed E-state index contributed by atoms with van der Waals surface area (Å²) >= 11 is 1.40. The van der Waals surface area contributed by atoms with Crippen LogP contribution in [0.1, 0.15) is 12.5 Å². The molecule has 0 unspecified atom stereocenters. The lowest BCUT2D eigenvalue weighted by molar-refractivity contribution is -0.144. The molecule has 1 aromatic rings. The van der Waals surface area contributed by atoms with Crippen molar-refractivity contribution in [3.05, 3.63) is 35.6 Å². The predicted molar refractivity (Wildman–Crippen MR) is 72.2 cm³/mol. The fourth-order valence-corrected chi connectivity index (χ4v) is 2.16. The molecule has 0 heterocycles. The summed E-state index contributed by atoms with van der Waals surface area (Å²) < 4.78 is 17.2. The van der Waals surface area contributed by atoms with E-state index >= 15 is 0 Å². The second-order valence-corrected chi connectivity index (χ2v) is 4.92. The molecule has 104 valence electrons. The maximum absolute atomic E-state index is 12.7. The minimum atomic E-state index is -0.649. The fraction of sp³-hybridized carbons (Fsp3) is 0.385. The molecule has 4 nitrogen and oxygen atoms in total. The van der Waals surface area contributed by atoms with Crippen LogP contribution in [-0.4, -0.2) is 30.8 Å². The molecule has 6 heteroatoms. The molecule has 0 fully saturated rings. The maximum atomic E-state index is 12.7. The minimum Gasteiger partial charge on any atom is -0.467 e. The molecule has 0 spiro atoms. The van der Waals surface area contributed by atoms with Crippen molar-refractivity contribution in [2.75, 3.05) is 12.9 Å². The minimum absolute atomic E-state index is 0.231. The van der Waals surface area contributed by atoms with Crippen LogP contribution in [0.2, 0.25) is 0 Å². The molecule has 0 radical (unpaired) electrons. The van der Waals surface area contributed by atoms with Gasteiger partial charge in [0.2, 0.25) is 5.91 Å². The van der Waals surface area contributed by atoms with E-state index in [4.69, 9.17) is 0 Å². The number of methoxy groups -OCH3 is 1. The third-order valence-corrected chi connectivity index (χ3v) is 3.35. The Bertz CT molecular complexity index is 436. The summed E-state index contributed by atoms with van der Waals surface area (Å²) in [5.41, 5.74) is 0.945. The maximum Gasteiger partial charge on any atom is 0.328 e. The molecule has 0 aromatic heterocycles. The monoisotopic (exact) mass is 285 g/mol. The molecule has 1 N–H and O–H groups in total. The summed E-state index contributed by atoms with van der Waals surface area (Å²) in [5.74, 6) is -0.140. The second-order valence-electron chi connectivity index (χ2n) is 3.93. The molecule has 1 amide bonds. The Labute approximate surface area is 115 Å². The Balaban J connectivity index is 2.27. The fourth-order valence-electron chi connectivity index (χ4n) is 1.36. The molecule has 0 saturated carbocycles. The number of esters is 1. The first-order chi connectivity index (χ1) is 9.02. The van der Waals surface area contributed by atoms with Crippen molar-refractivity contribution in [1.82, 2.24) is 5.32 Å². The second kappa shape index (κ2) is 7.78. The van der Waals surface area contributed by atoms with Crippen molar-refractivity contribution in [3.63, 3.8) is 0 Å². The highest BCUT2D eigenvalue weighted by atomic mass is 32.2. The van der Waals surface area contributed by atoms with Crippen molar-refractivity contribution in [1.29, 1.82) is 0 Å². The molecule has 0 bridgehead atoms. The number of carbonyl (C=O) groups excluding carboxylic acids is 2. The summed E-state index contributed by atoms with van der Waals surface area (Å²) in [5, 5.41) is 2.53. The van der Waals surface area contributed by atoms with Crippen molar-refractivity contribution in [3.8, 4) is 0 Å².